The van der Waals surface area contributed by atoms with Gasteiger partial charge in [0.25, 0.3) is 0 Å². The van der Waals surface area contributed by atoms with E-state index in [1.165, 1.54) is 16.1 Å². The van der Waals surface area contributed by atoms with Crippen molar-refractivity contribution in [1.82, 2.24) is 9.29 Å². The van der Waals surface area contributed by atoms with Crippen LogP contribution in [-0.4, -0.2) is 30.5 Å². The maximum absolute atomic E-state index is 12.2. The van der Waals surface area contributed by atoms with Crippen LogP contribution in [0.25, 0.3) is 11.1 Å². The average molecular weight is 393 g/mol. The fourth-order valence-corrected chi connectivity index (χ4v) is 3.90. The number of nitrogens with one attached hydrogen (secondary N) is 1. The Balaban J connectivity index is 1.82. The van der Waals surface area contributed by atoms with Crippen molar-refractivity contribution in [3.8, 4) is 23.1 Å². The molecule has 2 aromatic carbocycles. The average Bonchev–Trinajstić information content (AvgIpc) is 2.95. The van der Waals surface area contributed by atoms with E-state index in [1.54, 1.807) is 0 Å². The highest BCUT2D eigenvalue weighted by molar-refractivity contribution is 7.88. The Morgan fingerprint density at radius 1 is 0.964 bits per heavy atom. The molecule has 0 bridgehead atoms. The molecule has 1 N–H and O–H groups in total. The second kappa shape index (κ2) is 8.37. The van der Waals surface area contributed by atoms with E-state index in [4.69, 9.17) is 0 Å². The summed E-state index contributed by atoms with van der Waals surface area (Å²) in [4.78, 5) is 3.42. The SMILES string of the molecule is Cc1[nH]c(CCN(C#Cc2ccccc2)S(C)(=O)=O)c(C)c1-c1ccccc1. The summed E-state index contributed by atoms with van der Waals surface area (Å²) in [5, 5.41) is 0. The van der Waals surface area contributed by atoms with E-state index in [9.17, 15) is 8.42 Å². The van der Waals surface area contributed by atoms with Gasteiger partial charge in [-0.25, -0.2) is 12.7 Å². The first kappa shape index (κ1) is 19.8. The molecule has 0 aliphatic heterocycles. The molecule has 144 valence electrons. The molecule has 0 radical (unpaired) electrons. The van der Waals surface area contributed by atoms with Crippen LogP contribution in [0.15, 0.2) is 60.7 Å². The van der Waals surface area contributed by atoms with Crippen LogP contribution in [0.5, 0.6) is 0 Å². The lowest BCUT2D eigenvalue weighted by molar-refractivity contribution is 0.517. The molecule has 5 heteroatoms. The van der Waals surface area contributed by atoms with Crippen molar-refractivity contribution in [3.63, 3.8) is 0 Å². The number of nitrogens with zero attached hydrogens (tertiary/aromatic N) is 1. The number of aryl methyl sites for hydroxylation is 1. The van der Waals surface area contributed by atoms with Crippen molar-refractivity contribution < 1.29 is 8.42 Å². The Morgan fingerprint density at radius 2 is 1.57 bits per heavy atom. The molecular formula is C23H24N2O2S. The molecule has 28 heavy (non-hydrogen) atoms. The van der Waals surface area contributed by atoms with Crippen LogP contribution in [-0.2, 0) is 16.4 Å². The Labute approximate surface area is 167 Å². The molecule has 0 spiro atoms. The van der Waals surface area contributed by atoms with Crippen LogP contribution < -0.4 is 0 Å². The third-order valence-corrected chi connectivity index (χ3v) is 5.74. The van der Waals surface area contributed by atoms with E-state index in [-0.39, 0.29) is 0 Å². The van der Waals surface area contributed by atoms with Gasteiger partial charge in [-0.15, -0.1) is 0 Å². The first-order valence-electron chi connectivity index (χ1n) is 9.14. The molecule has 0 saturated carbocycles. The molecule has 1 aromatic heterocycles. The maximum Gasteiger partial charge on any atom is 0.238 e. The van der Waals surface area contributed by atoms with E-state index in [0.717, 1.165) is 28.1 Å². The summed E-state index contributed by atoms with van der Waals surface area (Å²) in [6.45, 7) is 4.41. The summed E-state index contributed by atoms with van der Waals surface area (Å²) in [5.74, 6) is 2.93. The topological polar surface area (TPSA) is 53.2 Å². The van der Waals surface area contributed by atoms with Crippen LogP contribution in [0.3, 0.4) is 0 Å². The normalized spacial score (nSPS) is 11.0. The van der Waals surface area contributed by atoms with Gasteiger partial charge >= 0.3 is 0 Å². The molecular weight excluding hydrogens is 368 g/mol. The number of hydrogen-bond donors (Lipinski definition) is 1. The molecule has 0 amide bonds. The highest BCUT2D eigenvalue weighted by Gasteiger charge is 2.17. The smallest absolute Gasteiger partial charge is 0.238 e. The summed E-state index contributed by atoms with van der Waals surface area (Å²) in [6.07, 6.45) is 1.75. The van der Waals surface area contributed by atoms with Crippen LogP contribution in [0.4, 0.5) is 0 Å². The van der Waals surface area contributed by atoms with Gasteiger partial charge in [-0.3, -0.25) is 0 Å². The van der Waals surface area contributed by atoms with E-state index >= 15 is 0 Å². The first-order valence-corrected chi connectivity index (χ1v) is 11.0. The highest BCUT2D eigenvalue weighted by atomic mass is 32.2. The monoisotopic (exact) mass is 392 g/mol. The molecule has 3 rings (SSSR count). The first-order chi connectivity index (χ1) is 13.4. The van der Waals surface area contributed by atoms with E-state index in [2.05, 4.69) is 36.0 Å². The number of aromatic amines is 1. The number of benzene rings is 2. The molecule has 4 nitrogen and oxygen atoms in total. The zero-order valence-electron chi connectivity index (χ0n) is 16.4. The second-order valence-electron chi connectivity index (χ2n) is 6.78. The Morgan fingerprint density at radius 3 is 2.18 bits per heavy atom. The molecule has 3 aromatic rings. The molecule has 0 saturated heterocycles. The summed E-state index contributed by atoms with van der Waals surface area (Å²) >= 11 is 0. The molecule has 0 aliphatic carbocycles. The van der Waals surface area contributed by atoms with Gasteiger partial charge in [-0.2, -0.15) is 0 Å². The summed E-state index contributed by atoms with van der Waals surface area (Å²) in [5.41, 5.74) is 6.38. The summed E-state index contributed by atoms with van der Waals surface area (Å²) < 4.78 is 25.6. The lowest BCUT2D eigenvalue weighted by Gasteiger charge is -2.14. The van der Waals surface area contributed by atoms with Crippen LogP contribution >= 0.6 is 0 Å². The van der Waals surface area contributed by atoms with Crippen molar-refractivity contribution in [2.45, 2.75) is 20.3 Å². The number of rotatable bonds is 5. The van der Waals surface area contributed by atoms with E-state index < -0.39 is 10.0 Å². The van der Waals surface area contributed by atoms with Gasteiger partial charge in [0.1, 0.15) is 0 Å². The number of hydrogen-bond acceptors (Lipinski definition) is 2. The molecule has 0 aliphatic rings. The lowest BCUT2D eigenvalue weighted by atomic mass is 10.0. The van der Waals surface area contributed by atoms with Crippen LogP contribution in [0.2, 0.25) is 0 Å². The van der Waals surface area contributed by atoms with Crippen molar-refractivity contribution in [3.05, 3.63) is 83.2 Å². The quantitative estimate of drug-likeness (QED) is 0.525. The Hall–Kier alpha value is -2.97. The molecule has 0 atom stereocenters. The standard InChI is InChI=1S/C23H24N2O2S/c1-18-22(24-19(2)23(18)21-12-8-5-9-13-21)15-17-25(28(3,26)27)16-14-20-10-6-4-7-11-20/h4-13,24H,15,17H2,1-3H3. The summed E-state index contributed by atoms with van der Waals surface area (Å²) in [7, 11) is -3.43. The van der Waals surface area contributed by atoms with Gasteiger partial charge in [0.15, 0.2) is 0 Å². The van der Waals surface area contributed by atoms with Crippen molar-refractivity contribution >= 4 is 10.0 Å². The van der Waals surface area contributed by atoms with Crippen molar-refractivity contribution in [1.29, 1.82) is 0 Å². The van der Waals surface area contributed by atoms with Crippen LogP contribution in [0.1, 0.15) is 22.5 Å². The lowest BCUT2D eigenvalue weighted by Crippen LogP contribution is -2.27. The van der Waals surface area contributed by atoms with Gasteiger partial charge in [0, 0.05) is 41.5 Å². The third kappa shape index (κ3) is 4.65. The third-order valence-electron chi connectivity index (χ3n) is 4.67. The fourth-order valence-electron chi connectivity index (χ4n) is 3.27. The minimum Gasteiger partial charge on any atom is -0.362 e. The largest absolute Gasteiger partial charge is 0.362 e. The number of H-pyrrole nitrogens is 1. The second-order valence-corrected chi connectivity index (χ2v) is 8.69. The predicted octanol–water partition coefficient (Wildman–Crippen LogP) is 4.11. The number of aromatic nitrogens is 1. The highest BCUT2D eigenvalue weighted by Crippen LogP contribution is 2.29. The van der Waals surface area contributed by atoms with Crippen molar-refractivity contribution in [2.24, 2.45) is 0 Å². The zero-order valence-corrected chi connectivity index (χ0v) is 17.2. The van der Waals surface area contributed by atoms with Gasteiger partial charge < -0.3 is 4.98 Å². The molecule has 1 heterocycles. The fraction of sp³-hybridized carbons (Fsp3) is 0.217. The maximum atomic E-state index is 12.2. The van der Waals surface area contributed by atoms with Gasteiger partial charge in [-0.1, -0.05) is 48.5 Å². The minimum absolute atomic E-state index is 0.299. The zero-order chi connectivity index (χ0) is 20.1. The predicted molar refractivity (Wildman–Crippen MR) is 114 cm³/mol. The Bertz CT molecular complexity index is 1110. The number of sulfonamides is 1. The molecule has 0 fully saturated rings. The van der Waals surface area contributed by atoms with E-state index in [0.29, 0.717) is 13.0 Å². The van der Waals surface area contributed by atoms with Crippen molar-refractivity contribution in [2.75, 3.05) is 12.8 Å². The molecule has 0 unspecified atom stereocenters. The summed E-state index contributed by atoms with van der Waals surface area (Å²) in [6, 6.07) is 22.4. The Kier molecular flexibility index (Phi) is 5.91. The minimum atomic E-state index is -3.43. The van der Waals surface area contributed by atoms with Gasteiger partial charge in [-0.05, 0) is 43.0 Å². The van der Waals surface area contributed by atoms with Gasteiger partial charge in [0.2, 0.25) is 10.0 Å². The van der Waals surface area contributed by atoms with E-state index in [1.807, 2.05) is 55.5 Å². The van der Waals surface area contributed by atoms with Crippen LogP contribution in [0, 0.1) is 25.8 Å². The van der Waals surface area contributed by atoms with Gasteiger partial charge in [0.05, 0.1) is 6.26 Å².